The zero-order chi connectivity index (χ0) is 9.90. The molecule has 13 heavy (non-hydrogen) atoms. The third-order valence-corrected chi connectivity index (χ3v) is 1.32. The number of nitriles is 1. The molecule has 0 aromatic carbocycles. The number of hydrogen-bond acceptors (Lipinski definition) is 3. The lowest BCUT2D eigenvalue weighted by Gasteiger charge is -2.21. The van der Waals surface area contributed by atoms with Gasteiger partial charge in [0.2, 0.25) is 0 Å². The first-order valence-electron chi connectivity index (χ1n) is 4.06. The first-order chi connectivity index (χ1) is 6.03. The summed E-state index contributed by atoms with van der Waals surface area (Å²) >= 11 is 0. The third kappa shape index (κ3) is 2.75. The van der Waals surface area contributed by atoms with Crippen molar-refractivity contribution >= 4 is 0 Å². The summed E-state index contributed by atoms with van der Waals surface area (Å²) in [7, 11) is 0. The van der Waals surface area contributed by atoms with Crippen molar-refractivity contribution in [2.45, 2.75) is 26.4 Å². The van der Waals surface area contributed by atoms with Crippen LogP contribution in [0.4, 0.5) is 0 Å². The normalized spacial score (nSPS) is 10.6. The minimum atomic E-state index is -0.285. The topological polar surface area (TPSA) is 45.9 Å². The highest BCUT2D eigenvalue weighted by molar-refractivity contribution is 5.40. The average molecular weight is 176 g/mol. The molecule has 1 heterocycles. The highest BCUT2D eigenvalue weighted by Gasteiger charge is 2.13. The number of aromatic nitrogens is 1. The lowest BCUT2D eigenvalue weighted by molar-refractivity contribution is 0.130. The van der Waals surface area contributed by atoms with Gasteiger partial charge in [0.1, 0.15) is 23.0 Å². The van der Waals surface area contributed by atoms with E-state index in [9.17, 15) is 0 Å². The Balaban J connectivity index is 2.96. The van der Waals surface area contributed by atoms with E-state index >= 15 is 0 Å². The van der Waals surface area contributed by atoms with Crippen molar-refractivity contribution in [1.29, 1.82) is 5.26 Å². The van der Waals surface area contributed by atoms with Gasteiger partial charge in [-0.25, -0.2) is 0 Å². The van der Waals surface area contributed by atoms with Crippen LogP contribution in [0.25, 0.3) is 0 Å². The summed E-state index contributed by atoms with van der Waals surface area (Å²) in [5.74, 6) is 0.588. The SMILES string of the molecule is CC(C)(C)Oc1ccncc1C#N. The minimum Gasteiger partial charge on any atom is -0.487 e. The van der Waals surface area contributed by atoms with E-state index in [1.54, 1.807) is 12.3 Å². The Kier molecular flexibility index (Phi) is 2.52. The molecule has 0 amide bonds. The van der Waals surface area contributed by atoms with Crippen molar-refractivity contribution in [1.82, 2.24) is 4.98 Å². The van der Waals surface area contributed by atoms with E-state index in [-0.39, 0.29) is 5.60 Å². The van der Waals surface area contributed by atoms with Crippen molar-refractivity contribution in [3.05, 3.63) is 24.0 Å². The molecule has 3 nitrogen and oxygen atoms in total. The molecule has 0 aliphatic carbocycles. The lowest BCUT2D eigenvalue weighted by atomic mass is 10.2. The molecule has 0 saturated heterocycles. The molecule has 1 rings (SSSR count). The molecule has 0 aliphatic heterocycles. The van der Waals surface area contributed by atoms with E-state index in [0.717, 1.165) is 0 Å². The first-order valence-corrected chi connectivity index (χ1v) is 4.06. The van der Waals surface area contributed by atoms with Gasteiger partial charge in [0.25, 0.3) is 0 Å². The van der Waals surface area contributed by atoms with Gasteiger partial charge in [-0.1, -0.05) is 0 Å². The number of ether oxygens (including phenoxy) is 1. The maximum absolute atomic E-state index is 8.75. The Morgan fingerprint density at radius 2 is 2.15 bits per heavy atom. The summed E-state index contributed by atoms with van der Waals surface area (Å²) in [5.41, 5.74) is 0.185. The Bertz CT molecular complexity index is 334. The molecule has 68 valence electrons. The fourth-order valence-corrected chi connectivity index (χ4v) is 0.885. The number of hydrogen-bond donors (Lipinski definition) is 0. The van der Waals surface area contributed by atoms with E-state index in [1.165, 1.54) is 6.20 Å². The van der Waals surface area contributed by atoms with Gasteiger partial charge < -0.3 is 4.74 Å². The average Bonchev–Trinajstić information content (AvgIpc) is 2.02. The van der Waals surface area contributed by atoms with Crippen LogP contribution in [-0.4, -0.2) is 10.6 Å². The molecular weight excluding hydrogens is 164 g/mol. The number of rotatable bonds is 1. The molecular formula is C10H12N2O. The summed E-state index contributed by atoms with van der Waals surface area (Å²) in [4.78, 5) is 3.84. The summed E-state index contributed by atoms with van der Waals surface area (Å²) in [6.07, 6.45) is 3.11. The third-order valence-electron chi connectivity index (χ3n) is 1.32. The fraction of sp³-hybridized carbons (Fsp3) is 0.400. The predicted octanol–water partition coefficient (Wildman–Crippen LogP) is 2.13. The molecule has 0 atom stereocenters. The van der Waals surface area contributed by atoms with E-state index in [1.807, 2.05) is 26.8 Å². The summed E-state index contributed by atoms with van der Waals surface area (Å²) in [6, 6.07) is 3.73. The largest absolute Gasteiger partial charge is 0.487 e. The Labute approximate surface area is 78.0 Å². The van der Waals surface area contributed by atoms with Crippen molar-refractivity contribution < 1.29 is 4.74 Å². The standard InChI is InChI=1S/C10H12N2O/c1-10(2,3)13-9-4-5-12-7-8(9)6-11/h4-5,7H,1-3H3. The maximum Gasteiger partial charge on any atom is 0.140 e. The Hall–Kier alpha value is -1.56. The second kappa shape index (κ2) is 3.44. The zero-order valence-electron chi connectivity index (χ0n) is 8.03. The van der Waals surface area contributed by atoms with Crippen LogP contribution in [0.2, 0.25) is 0 Å². The Morgan fingerprint density at radius 1 is 1.46 bits per heavy atom. The molecule has 0 fully saturated rings. The molecule has 0 bridgehead atoms. The minimum absolute atomic E-state index is 0.285. The predicted molar refractivity (Wildman–Crippen MR) is 49.3 cm³/mol. The number of nitrogens with zero attached hydrogens (tertiary/aromatic N) is 2. The van der Waals surface area contributed by atoms with Gasteiger partial charge in [-0.15, -0.1) is 0 Å². The van der Waals surface area contributed by atoms with Crippen LogP contribution in [0, 0.1) is 11.3 Å². The zero-order valence-corrected chi connectivity index (χ0v) is 8.03. The molecule has 0 unspecified atom stereocenters. The van der Waals surface area contributed by atoms with Crippen LogP contribution in [-0.2, 0) is 0 Å². The van der Waals surface area contributed by atoms with Crippen molar-refractivity contribution in [3.63, 3.8) is 0 Å². The molecule has 1 aromatic heterocycles. The first kappa shape index (κ1) is 9.53. The molecule has 1 aromatic rings. The molecule has 0 aliphatic rings. The summed E-state index contributed by atoms with van der Waals surface area (Å²) < 4.78 is 5.56. The molecule has 0 radical (unpaired) electrons. The molecule has 0 saturated carbocycles. The van der Waals surface area contributed by atoms with E-state index in [0.29, 0.717) is 11.3 Å². The summed E-state index contributed by atoms with van der Waals surface area (Å²) in [5, 5.41) is 8.75. The van der Waals surface area contributed by atoms with Crippen LogP contribution in [0.15, 0.2) is 18.5 Å². The van der Waals surface area contributed by atoms with Gasteiger partial charge in [0.05, 0.1) is 0 Å². The van der Waals surface area contributed by atoms with Gasteiger partial charge in [-0.05, 0) is 26.8 Å². The van der Waals surface area contributed by atoms with E-state index in [4.69, 9.17) is 10.00 Å². The quantitative estimate of drug-likeness (QED) is 0.658. The van der Waals surface area contributed by atoms with Gasteiger partial charge in [0.15, 0.2) is 0 Å². The van der Waals surface area contributed by atoms with Gasteiger partial charge >= 0.3 is 0 Å². The fourth-order valence-electron chi connectivity index (χ4n) is 0.885. The van der Waals surface area contributed by atoms with E-state index in [2.05, 4.69) is 4.98 Å². The number of pyridine rings is 1. The maximum atomic E-state index is 8.75. The van der Waals surface area contributed by atoms with Gasteiger partial charge in [0, 0.05) is 12.4 Å². The van der Waals surface area contributed by atoms with Gasteiger partial charge in [-0.3, -0.25) is 4.98 Å². The highest BCUT2D eigenvalue weighted by Crippen LogP contribution is 2.20. The van der Waals surface area contributed by atoms with Crippen molar-refractivity contribution in [3.8, 4) is 11.8 Å². The van der Waals surface area contributed by atoms with Crippen LogP contribution in [0.5, 0.6) is 5.75 Å². The summed E-state index contributed by atoms with van der Waals surface area (Å²) in [6.45, 7) is 5.82. The highest BCUT2D eigenvalue weighted by atomic mass is 16.5. The van der Waals surface area contributed by atoms with E-state index < -0.39 is 0 Å². The van der Waals surface area contributed by atoms with Crippen LogP contribution < -0.4 is 4.74 Å². The van der Waals surface area contributed by atoms with Crippen LogP contribution >= 0.6 is 0 Å². The molecule has 0 N–H and O–H groups in total. The lowest BCUT2D eigenvalue weighted by Crippen LogP contribution is -2.23. The van der Waals surface area contributed by atoms with Crippen LogP contribution in [0.1, 0.15) is 26.3 Å². The smallest absolute Gasteiger partial charge is 0.140 e. The van der Waals surface area contributed by atoms with Gasteiger partial charge in [-0.2, -0.15) is 5.26 Å². The van der Waals surface area contributed by atoms with Crippen molar-refractivity contribution in [2.24, 2.45) is 0 Å². The molecule has 0 spiro atoms. The second-order valence-corrected chi connectivity index (χ2v) is 3.70. The Morgan fingerprint density at radius 3 is 2.69 bits per heavy atom. The monoisotopic (exact) mass is 176 g/mol. The van der Waals surface area contributed by atoms with Crippen molar-refractivity contribution in [2.75, 3.05) is 0 Å². The second-order valence-electron chi connectivity index (χ2n) is 3.70. The van der Waals surface area contributed by atoms with Crippen LogP contribution in [0.3, 0.4) is 0 Å². The molecule has 3 heteroatoms.